The molecule has 0 spiro atoms. The number of nitrogens with zero attached hydrogens (tertiary/aromatic N) is 3. The van der Waals surface area contributed by atoms with Crippen LogP contribution in [-0.2, 0) is 11.3 Å². The van der Waals surface area contributed by atoms with Crippen LogP contribution < -0.4 is 10.6 Å². The van der Waals surface area contributed by atoms with E-state index in [9.17, 15) is 9.59 Å². The summed E-state index contributed by atoms with van der Waals surface area (Å²) >= 11 is 1.53. The predicted molar refractivity (Wildman–Crippen MR) is 137 cm³/mol. The predicted octanol–water partition coefficient (Wildman–Crippen LogP) is 5.21. The van der Waals surface area contributed by atoms with Crippen molar-refractivity contribution in [2.24, 2.45) is 0 Å². The summed E-state index contributed by atoms with van der Waals surface area (Å²) in [6.07, 6.45) is 0.856. The van der Waals surface area contributed by atoms with Crippen molar-refractivity contribution in [2.75, 3.05) is 23.7 Å². The molecule has 0 aliphatic carbocycles. The lowest BCUT2D eigenvalue weighted by atomic mass is 10.1. The van der Waals surface area contributed by atoms with Crippen LogP contribution in [0.1, 0.15) is 35.2 Å². The number of aryl methyl sites for hydroxylation is 1. The zero-order chi connectivity index (χ0) is 24.6. The Hall–Kier alpha value is -3.82. The quantitative estimate of drug-likeness (QED) is 0.317. The van der Waals surface area contributed by atoms with Gasteiger partial charge in [-0.15, -0.1) is 21.5 Å². The summed E-state index contributed by atoms with van der Waals surface area (Å²) in [7, 11) is 0. The van der Waals surface area contributed by atoms with Gasteiger partial charge in [0.2, 0.25) is 11.8 Å². The van der Waals surface area contributed by atoms with E-state index in [2.05, 4.69) is 20.8 Å². The summed E-state index contributed by atoms with van der Waals surface area (Å²) in [6, 6.07) is 18.4. The van der Waals surface area contributed by atoms with Gasteiger partial charge in [-0.1, -0.05) is 37.3 Å². The number of thiophene rings is 1. The molecule has 9 heteroatoms. The van der Waals surface area contributed by atoms with E-state index >= 15 is 0 Å². The third-order valence-corrected chi connectivity index (χ3v) is 6.04. The Labute approximate surface area is 208 Å². The molecule has 2 aromatic heterocycles. The van der Waals surface area contributed by atoms with Gasteiger partial charge in [-0.2, -0.15) is 0 Å². The Bertz CT molecular complexity index is 1290. The lowest BCUT2D eigenvalue weighted by Crippen LogP contribution is -2.34. The Morgan fingerprint density at radius 2 is 1.89 bits per heavy atom. The molecule has 0 aliphatic rings. The van der Waals surface area contributed by atoms with Gasteiger partial charge >= 0.3 is 0 Å². The average molecular weight is 490 g/mol. The van der Waals surface area contributed by atoms with Crippen LogP contribution in [0.15, 0.2) is 70.5 Å². The van der Waals surface area contributed by atoms with Crippen LogP contribution in [0.2, 0.25) is 0 Å². The number of hydrogen-bond acceptors (Lipinski definition) is 7. The normalized spacial score (nSPS) is 10.9. The molecule has 0 saturated heterocycles. The van der Waals surface area contributed by atoms with Gasteiger partial charge in [-0.3, -0.25) is 14.5 Å². The van der Waals surface area contributed by atoms with Crippen molar-refractivity contribution in [3.63, 3.8) is 0 Å². The zero-order valence-electron chi connectivity index (χ0n) is 19.7. The fourth-order valence-corrected chi connectivity index (χ4v) is 4.29. The summed E-state index contributed by atoms with van der Waals surface area (Å²) in [5, 5.41) is 16.0. The van der Waals surface area contributed by atoms with Crippen LogP contribution in [0, 0.1) is 6.92 Å². The molecule has 0 bridgehead atoms. The standard InChI is InChI=1S/C26H27N5O3S/c1-3-13-31(17-24-29-30-26(34-24)22-12-7-14-35-22)16-23(32)28-21-11-5-4-10-20(21)25(33)27-19-9-6-8-18(2)15-19/h4-12,14-15H,3,13,16-17H2,1-2H3,(H,27,33)(H,28,32). The van der Waals surface area contributed by atoms with E-state index in [0.29, 0.717) is 41.8 Å². The van der Waals surface area contributed by atoms with Crippen LogP contribution in [-0.4, -0.2) is 40.0 Å². The first kappa shape index (κ1) is 24.3. The van der Waals surface area contributed by atoms with Gasteiger partial charge in [0, 0.05) is 5.69 Å². The molecule has 0 saturated carbocycles. The molecule has 0 fully saturated rings. The molecule has 2 amide bonds. The minimum atomic E-state index is -0.288. The van der Waals surface area contributed by atoms with Crippen molar-refractivity contribution in [1.29, 1.82) is 0 Å². The van der Waals surface area contributed by atoms with E-state index in [1.54, 1.807) is 24.3 Å². The minimum absolute atomic E-state index is 0.123. The largest absolute Gasteiger partial charge is 0.419 e. The topological polar surface area (TPSA) is 100 Å². The number of carbonyl (C=O) groups is 2. The number of nitrogens with one attached hydrogen (secondary N) is 2. The molecule has 8 nitrogen and oxygen atoms in total. The monoisotopic (exact) mass is 489 g/mol. The van der Waals surface area contributed by atoms with E-state index in [-0.39, 0.29) is 18.4 Å². The number of aromatic nitrogens is 2. The maximum atomic E-state index is 12.9. The smallest absolute Gasteiger partial charge is 0.257 e. The number of hydrogen-bond donors (Lipinski definition) is 2. The Morgan fingerprint density at radius 3 is 2.66 bits per heavy atom. The van der Waals surface area contributed by atoms with Crippen LogP contribution in [0.4, 0.5) is 11.4 Å². The highest BCUT2D eigenvalue weighted by Gasteiger charge is 2.18. The van der Waals surface area contributed by atoms with Crippen LogP contribution in [0.25, 0.3) is 10.8 Å². The van der Waals surface area contributed by atoms with Gasteiger partial charge in [0.25, 0.3) is 11.8 Å². The van der Waals surface area contributed by atoms with Crippen molar-refractivity contribution in [3.8, 4) is 10.8 Å². The van der Waals surface area contributed by atoms with Crippen LogP contribution >= 0.6 is 11.3 Å². The third kappa shape index (κ3) is 6.62. The molecule has 0 aliphatic heterocycles. The van der Waals surface area contributed by atoms with E-state index < -0.39 is 0 Å². The fraction of sp³-hybridized carbons (Fsp3) is 0.231. The maximum Gasteiger partial charge on any atom is 0.257 e. The van der Waals surface area contributed by atoms with Crippen LogP contribution in [0.5, 0.6) is 0 Å². The molecule has 35 heavy (non-hydrogen) atoms. The third-order valence-electron chi connectivity index (χ3n) is 5.19. The second kappa shape index (κ2) is 11.5. The molecule has 4 rings (SSSR count). The van der Waals surface area contributed by atoms with Crippen LogP contribution in [0.3, 0.4) is 0 Å². The molecular weight excluding hydrogens is 462 g/mol. The van der Waals surface area contributed by atoms with Gasteiger partial charge in [0.15, 0.2) is 0 Å². The summed E-state index contributed by atoms with van der Waals surface area (Å²) in [6.45, 7) is 5.16. The van der Waals surface area contributed by atoms with Gasteiger partial charge in [0.1, 0.15) is 0 Å². The van der Waals surface area contributed by atoms with Gasteiger partial charge in [-0.05, 0) is 61.2 Å². The number of anilines is 2. The van der Waals surface area contributed by atoms with Crippen molar-refractivity contribution in [1.82, 2.24) is 15.1 Å². The summed E-state index contributed by atoms with van der Waals surface area (Å²) in [4.78, 5) is 28.6. The summed E-state index contributed by atoms with van der Waals surface area (Å²) < 4.78 is 5.78. The van der Waals surface area contributed by atoms with Gasteiger partial charge in [0.05, 0.1) is 29.2 Å². The lowest BCUT2D eigenvalue weighted by Gasteiger charge is -2.19. The Kier molecular flexibility index (Phi) is 8.02. The molecule has 0 atom stereocenters. The van der Waals surface area contributed by atoms with E-state index in [0.717, 1.165) is 16.9 Å². The van der Waals surface area contributed by atoms with E-state index in [1.807, 2.05) is 60.5 Å². The second-order valence-electron chi connectivity index (χ2n) is 8.11. The molecule has 2 aromatic carbocycles. The highest BCUT2D eigenvalue weighted by molar-refractivity contribution is 7.13. The molecule has 0 unspecified atom stereocenters. The maximum absolute atomic E-state index is 12.9. The zero-order valence-corrected chi connectivity index (χ0v) is 20.5. The molecule has 2 heterocycles. The first-order valence-electron chi connectivity index (χ1n) is 11.4. The van der Waals surface area contributed by atoms with E-state index in [1.165, 1.54) is 11.3 Å². The second-order valence-corrected chi connectivity index (χ2v) is 9.05. The number of carbonyl (C=O) groups excluding carboxylic acids is 2. The summed E-state index contributed by atoms with van der Waals surface area (Å²) in [5.74, 6) is 0.410. The van der Waals surface area contributed by atoms with Crippen molar-refractivity contribution < 1.29 is 14.0 Å². The SMILES string of the molecule is CCCN(CC(=O)Nc1ccccc1C(=O)Nc1cccc(C)c1)Cc1nnc(-c2cccs2)o1. The molecular formula is C26H27N5O3S. The number of para-hydroxylation sites is 1. The number of rotatable bonds is 10. The first-order valence-corrected chi connectivity index (χ1v) is 12.3. The molecule has 180 valence electrons. The average Bonchev–Trinajstić information content (AvgIpc) is 3.52. The van der Waals surface area contributed by atoms with Gasteiger partial charge in [-0.25, -0.2) is 0 Å². The van der Waals surface area contributed by atoms with Crippen molar-refractivity contribution >= 4 is 34.5 Å². The molecule has 2 N–H and O–H groups in total. The summed E-state index contributed by atoms with van der Waals surface area (Å²) in [5.41, 5.74) is 2.59. The fourth-order valence-electron chi connectivity index (χ4n) is 3.64. The Balaban J connectivity index is 1.40. The molecule has 4 aromatic rings. The van der Waals surface area contributed by atoms with Gasteiger partial charge < -0.3 is 15.1 Å². The lowest BCUT2D eigenvalue weighted by molar-refractivity contribution is -0.117. The number of benzene rings is 2. The van der Waals surface area contributed by atoms with Crippen molar-refractivity contribution in [2.45, 2.75) is 26.8 Å². The van der Waals surface area contributed by atoms with E-state index in [4.69, 9.17) is 4.42 Å². The highest BCUT2D eigenvalue weighted by atomic mass is 32.1. The molecule has 0 radical (unpaired) electrons. The number of amides is 2. The highest BCUT2D eigenvalue weighted by Crippen LogP contribution is 2.23. The van der Waals surface area contributed by atoms with Crippen molar-refractivity contribution in [3.05, 3.63) is 83.1 Å². The minimum Gasteiger partial charge on any atom is -0.419 e. The Morgan fingerprint density at radius 1 is 1.03 bits per heavy atom. The first-order chi connectivity index (χ1) is 17.0.